The largest absolute Gasteiger partial charge is 0.385 e. The normalized spacial score (nSPS) is 10.5. The van der Waals surface area contributed by atoms with Crippen LogP contribution in [-0.2, 0) is 4.74 Å². The first-order valence-corrected chi connectivity index (χ1v) is 8.47. The van der Waals surface area contributed by atoms with E-state index in [9.17, 15) is 4.79 Å². The fourth-order valence-electron chi connectivity index (χ4n) is 1.77. The molecule has 0 aliphatic rings. The quantitative estimate of drug-likeness (QED) is 0.742. The van der Waals surface area contributed by atoms with Crippen molar-refractivity contribution >= 4 is 33.6 Å². The van der Waals surface area contributed by atoms with E-state index in [1.165, 1.54) is 11.8 Å². The van der Waals surface area contributed by atoms with Crippen LogP contribution in [0.3, 0.4) is 0 Å². The minimum Gasteiger partial charge on any atom is -0.385 e. The SMILES string of the molecule is COCCCNC(=O)c1cccnc1Sc1ccc(Br)cc1. The number of aromatic nitrogens is 1. The van der Waals surface area contributed by atoms with Crippen LogP contribution in [0, 0.1) is 0 Å². The summed E-state index contributed by atoms with van der Waals surface area (Å²) in [6.45, 7) is 1.22. The van der Waals surface area contributed by atoms with Gasteiger partial charge in [-0.15, -0.1) is 0 Å². The Kier molecular flexibility index (Phi) is 6.89. The van der Waals surface area contributed by atoms with E-state index in [-0.39, 0.29) is 5.91 Å². The zero-order valence-electron chi connectivity index (χ0n) is 12.2. The highest BCUT2D eigenvalue weighted by atomic mass is 79.9. The standard InChI is InChI=1S/C16H17BrN2O2S/c1-21-11-3-10-18-15(20)14-4-2-9-19-16(14)22-13-7-5-12(17)6-8-13/h2,4-9H,3,10-11H2,1H3,(H,18,20). The molecule has 1 aromatic heterocycles. The van der Waals surface area contributed by atoms with Crippen LogP contribution in [0.25, 0.3) is 0 Å². The van der Waals surface area contributed by atoms with E-state index in [2.05, 4.69) is 26.2 Å². The third-order valence-corrected chi connectivity index (χ3v) is 4.41. The van der Waals surface area contributed by atoms with Crippen LogP contribution in [0.2, 0.25) is 0 Å². The second kappa shape index (κ2) is 8.92. The number of halogens is 1. The number of benzene rings is 1. The molecule has 0 fully saturated rings. The van der Waals surface area contributed by atoms with Gasteiger partial charge in [0.05, 0.1) is 5.56 Å². The predicted molar refractivity (Wildman–Crippen MR) is 91.3 cm³/mol. The van der Waals surface area contributed by atoms with Crippen LogP contribution < -0.4 is 5.32 Å². The summed E-state index contributed by atoms with van der Waals surface area (Å²) in [5.74, 6) is -0.108. The van der Waals surface area contributed by atoms with Crippen LogP contribution >= 0.6 is 27.7 Å². The lowest BCUT2D eigenvalue weighted by atomic mass is 10.2. The van der Waals surface area contributed by atoms with E-state index in [4.69, 9.17) is 4.74 Å². The molecule has 0 unspecified atom stereocenters. The number of hydrogen-bond donors (Lipinski definition) is 1. The Labute approximate surface area is 142 Å². The maximum Gasteiger partial charge on any atom is 0.254 e. The minimum atomic E-state index is -0.108. The third kappa shape index (κ3) is 5.12. The number of amides is 1. The van der Waals surface area contributed by atoms with Gasteiger partial charge in [-0.1, -0.05) is 27.7 Å². The van der Waals surface area contributed by atoms with E-state index < -0.39 is 0 Å². The predicted octanol–water partition coefficient (Wildman–Crippen LogP) is 3.76. The van der Waals surface area contributed by atoms with Crippen molar-refractivity contribution in [3.8, 4) is 0 Å². The second-order valence-electron chi connectivity index (χ2n) is 4.51. The summed E-state index contributed by atoms with van der Waals surface area (Å²) in [6, 6.07) is 11.5. The zero-order valence-corrected chi connectivity index (χ0v) is 14.6. The molecule has 2 rings (SSSR count). The highest BCUT2D eigenvalue weighted by Crippen LogP contribution is 2.29. The van der Waals surface area contributed by atoms with Gasteiger partial charge in [0.15, 0.2) is 0 Å². The van der Waals surface area contributed by atoms with Crippen molar-refractivity contribution in [1.29, 1.82) is 0 Å². The van der Waals surface area contributed by atoms with E-state index >= 15 is 0 Å². The maximum absolute atomic E-state index is 12.3. The van der Waals surface area contributed by atoms with Crippen LogP contribution in [0.1, 0.15) is 16.8 Å². The van der Waals surface area contributed by atoms with Crippen molar-refractivity contribution in [2.75, 3.05) is 20.3 Å². The molecule has 0 saturated carbocycles. The van der Waals surface area contributed by atoms with Crippen molar-refractivity contribution in [3.63, 3.8) is 0 Å². The van der Waals surface area contributed by atoms with Crippen LogP contribution in [-0.4, -0.2) is 31.2 Å². The highest BCUT2D eigenvalue weighted by Gasteiger charge is 2.12. The molecule has 22 heavy (non-hydrogen) atoms. The summed E-state index contributed by atoms with van der Waals surface area (Å²) in [7, 11) is 1.65. The number of methoxy groups -OCH3 is 1. The second-order valence-corrected chi connectivity index (χ2v) is 6.49. The Morgan fingerprint density at radius 2 is 2.09 bits per heavy atom. The van der Waals surface area contributed by atoms with Gasteiger partial charge in [-0.3, -0.25) is 4.79 Å². The van der Waals surface area contributed by atoms with Crippen LogP contribution in [0.15, 0.2) is 57.0 Å². The number of carbonyl (C=O) groups excluding carboxylic acids is 1. The van der Waals surface area contributed by atoms with Crippen LogP contribution in [0.4, 0.5) is 0 Å². The lowest BCUT2D eigenvalue weighted by molar-refractivity contribution is 0.0945. The Bertz CT molecular complexity index is 620. The Morgan fingerprint density at radius 3 is 2.82 bits per heavy atom. The first-order chi connectivity index (χ1) is 10.7. The number of nitrogens with zero attached hydrogens (tertiary/aromatic N) is 1. The molecule has 0 aliphatic carbocycles. The Morgan fingerprint density at radius 1 is 1.32 bits per heavy atom. The molecule has 0 bridgehead atoms. The van der Waals surface area contributed by atoms with Crippen molar-refractivity contribution < 1.29 is 9.53 Å². The van der Waals surface area contributed by atoms with E-state index in [1.54, 1.807) is 25.4 Å². The minimum absolute atomic E-state index is 0.108. The molecule has 0 atom stereocenters. The lowest BCUT2D eigenvalue weighted by Gasteiger charge is -2.09. The average Bonchev–Trinajstić information content (AvgIpc) is 2.54. The first kappa shape index (κ1) is 17.0. The molecule has 0 aliphatic heterocycles. The summed E-state index contributed by atoms with van der Waals surface area (Å²) in [6.07, 6.45) is 2.49. The summed E-state index contributed by atoms with van der Waals surface area (Å²) >= 11 is 4.89. The molecule has 1 amide bonds. The molecule has 1 N–H and O–H groups in total. The molecule has 0 spiro atoms. The van der Waals surface area contributed by atoms with Crippen molar-refractivity contribution in [1.82, 2.24) is 10.3 Å². The van der Waals surface area contributed by atoms with Gasteiger partial charge < -0.3 is 10.1 Å². The monoisotopic (exact) mass is 380 g/mol. The van der Waals surface area contributed by atoms with Gasteiger partial charge >= 0.3 is 0 Å². The average molecular weight is 381 g/mol. The first-order valence-electron chi connectivity index (χ1n) is 6.86. The molecule has 6 heteroatoms. The zero-order chi connectivity index (χ0) is 15.8. The fourth-order valence-corrected chi connectivity index (χ4v) is 2.92. The number of rotatable bonds is 7. The molecule has 116 valence electrons. The van der Waals surface area contributed by atoms with E-state index in [0.29, 0.717) is 23.7 Å². The van der Waals surface area contributed by atoms with Crippen molar-refractivity contribution in [2.45, 2.75) is 16.3 Å². The summed E-state index contributed by atoms with van der Waals surface area (Å²) in [5.41, 5.74) is 0.591. The maximum atomic E-state index is 12.3. The third-order valence-electron chi connectivity index (χ3n) is 2.85. The number of hydrogen-bond acceptors (Lipinski definition) is 4. The number of ether oxygens (including phenoxy) is 1. The molecule has 1 aromatic carbocycles. The van der Waals surface area contributed by atoms with Crippen molar-refractivity contribution in [3.05, 3.63) is 52.6 Å². The summed E-state index contributed by atoms with van der Waals surface area (Å²) in [4.78, 5) is 17.6. The van der Waals surface area contributed by atoms with Gasteiger partial charge in [0, 0.05) is 35.8 Å². The number of pyridine rings is 1. The van der Waals surface area contributed by atoms with Gasteiger partial charge in [-0.2, -0.15) is 0 Å². The molecule has 0 saturated heterocycles. The molecular weight excluding hydrogens is 364 g/mol. The van der Waals surface area contributed by atoms with Gasteiger partial charge in [-0.25, -0.2) is 4.98 Å². The van der Waals surface area contributed by atoms with Gasteiger partial charge in [-0.05, 0) is 42.8 Å². The summed E-state index contributed by atoms with van der Waals surface area (Å²) < 4.78 is 5.99. The number of nitrogens with one attached hydrogen (secondary N) is 1. The van der Waals surface area contributed by atoms with Crippen molar-refractivity contribution in [2.24, 2.45) is 0 Å². The van der Waals surface area contributed by atoms with Gasteiger partial charge in [0.1, 0.15) is 5.03 Å². The summed E-state index contributed by atoms with van der Waals surface area (Å²) in [5, 5.41) is 3.59. The molecule has 2 aromatic rings. The van der Waals surface area contributed by atoms with E-state index in [1.807, 2.05) is 24.3 Å². The topological polar surface area (TPSA) is 51.2 Å². The van der Waals surface area contributed by atoms with Gasteiger partial charge in [0.2, 0.25) is 0 Å². The lowest BCUT2D eigenvalue weighted by Crippen LogP contribution is -2.25. The van der Waals surface area contributed by atoms with Gasteiger partial charge in [0.25, 0.3) is 5.91 Å². The highest BCUT2D eigenvalue weighted by molar-refractivity contribution is 9.10. The molecule has 0 radical (unpaired) electrons. The molecular formula is C16H17BrN2O2S. The molecule has 1 heterocycles. The van der Waals surface area contributed by atoms with Crippen LogP contribution in [0.5, 0.6) is 0 Å². The Hall–Kier alpha value is -1.37. The van der Waals surface area contributed by atoms with E-state index in [0.717, 1.165) is 15.8 Å². The fraction of sp³-hybridized carbons (Fsp3) is 0.250. The smallest absolute Gasteiger partial charge is 0.254 e. The number of carbonyl (C=O) groups is 1. The molecule has 4 nitrogen and oxygen atoms in total. The Balaban J connectivity index is 2.06.